The first kappa shape index (κ1) is 17.0. The van der Waals surface area contributed by atoms with Gasteiger partial charge in [-0.3, -0.25) is 4.79 Å². The summed E-state index contributed by atoms with van der Waals surface area (Å²) in [5, 5.41) is 8.57. The smallest absolute Gasteiger partial charge is 0.870 e. The second-order valence-corrected chi connectivity index (χ2v) is 3.13. The standard InChI is InChI=1S/C10H13NO2.Na.H2O/c1-7-2-4-8(5-3-7)6-9(11)10(12)13;;/h2-5,9H,6,11H2,1H3,(H,12,13);;1H2/q;+1;/p-1/t9-;;/m0../s1. The number of carboxylic acids is 1. The van der Waals surface area contributed by atoms with Crippen LogP contribution >= 0.6 is 0 Å². The van der Waals surface area contributed by atoms with Crippen LogP contribution in [0.5, 0.6) is 0 Å². The molecule has 4 nitrogen and oxygen atoms in total. The molecule has 0 fully saturated rings. The Bertz CT molecular complexity index is 300. The molecule has 0 spiro atoms. The number of hydrogen-bond acceptors (Lipinski definition) is 3. The van der Waals surface area contributed by atoms with Crippen LogP contribution in [0.4, 0.5) is 0 Å². The van der Waals surface area contributed by atoms with Crippen molar-refractivity contribution >= 4 is 5.97 Å². The Morgan fingerprint density at radius 3 is 2.27 bits per heavy atom. The molecular weight excluding hydrogens is 205 g/mol. The minimum Gasteiger partial charge on any atom is -0.870 e. The van der Waals surface area contributed by atoms with E-state index in [9.17, 15) is 4.79 Å². The second kappa shape index (κ2) is 7.84. The maximum atomic E-state index is 10.4. The summed E-state index contributed by atoms with van der Waals surface area (Å²) < 4.78 is 0. The number of rotatable bonds is 3. The van der Waals surface area contributed by atoms with E-state index in [1.807, 2.05) is 31.2 Å². The summed E-state index contributed by atoms with van der Waals surface area (Å²) >= 11 is 0. The van der Waals surface area contributed by atoms with Gasteiger partial charge in [0.05, 0.1) is 0 Å². The summed E-state index contributed by atoms with van der Waals surface area (Å²) in [5.74, 6) is -0.958. The molecule has 0 saturated heterocycles. The van der Waals surface area contributed by atoms with Crippen LogP contribution in [0.15, 0.2) is 24.3 Å². The van der Waals surface area contributed by atoms with E-state index in [2.05, 4.69) is 0 Å². The van der Waals surface area contributed by atoms with Gasteiger partial charge in [0.1, 0.15) is 6.04 Å². The average molecular weight is 219 g/mol. The summed E-state index contributed by atoms with van der Waals surface area (Å²) in [5.41, 5.74) is 7.51. The first-order chi connectivity index (χ1) is 6.09. The van der Waals surface area contributed by atoms with Crippen molar-refractivity contribution in [2.24, 2.45) is 5.73 Å². The maximum Gasteiger partial charge on any atom is 1.00 e. The first-order valence-corrected chi connectivity index (χ1v) is 4.13. The van der Waals surface area contributed by atoms with Crippen LogP contribution in [0.2, 0.25) is 0 Å². The number of hydrogen-bond donors (Lipinski definition) is 2. The third kappa shape index (κ3) is 5.92. The van der Waals surface area contributed by atoms with E-state index < -0.39 is 12.0 Å². The van der Waals surface area contributed by atoms with Crippen LogP contribution in [0, 0.1) is 6.92 Å². The fraction of sp³-hybridized carbons (Fsp3) is 0.300. The molecular formula is C10H14NNaO3. The van der Waals surface area contributed by atoms with Crippen molar-refractivity contribution in [3.05, 3.63) is 35.4 Å². The van der Waals surface area contributed by atoms with Gasteiger partial charge in [0, 0.05) is 0 Å². The zero-order valence-corrected chi connectivity index (χ0v) is 11.0. The molecule has 1 atom stereocenters. The van der Waals surface area contributed by atoms with Gasteiger partial charge in [0.2, 0.25) is 0 Å². The molecule has 0 aromatic heterocycles. The van der Waals surface area contributed by atoms with Gasteiger partial charge in [-0.15, -0.1) is 0 Å². The van der Waals surface area contributed by atoms with Gasteiger partial charge in [0.15, 0.2) is 0 Å². The van der Waals surface area contributed by atoms with Gasteiger partial charge in [-0.25, -0.2) is 0 Å². The summed E-state index contributed by atoms with van der Waals surface area (Å²) in [4.78, 5) is 10.4. The number of benzene rings is 1. The molecule has 15 heavy (non-hydrogen) atoms. The Morgan fingerprint density at radius 1 is 1.40 bits per heavy atom. The number of aliphatic carboxylic acids is 1. The molecule has 1 aromatic carbocycles. The molecule has 0 heterocycles. The minimum atomic E-state index is -0.958. The minimum absolute atomic E-state index is 0. The molecule has 1 rings (SSSR count). The SMILES string of the molecule is Cc1ccc(C[C@H](N)C(=O)O)cc1.[Na+].[OH-]. The van der Waals surface area contributed by atoms with E-state index in [-0.39, 0.29) is 35.0 Å². The maximum absolute atomic E-state index is 10.4. The van der Waals surface area contributed by atoms with Gasteiger partial charge in [-0.2, -0.15) is 0 Å². The van der Waals surface area contributed by atoms with E-state index in [4.69, 9.17) is 10.8 Å². The quantitative estimate of drug-likeness (QED) is 0.563. The molecule has 0 unspecified atom stereocenters. The van der Waals surface area contributed by atoms with Crippen molar-refractivity contribution in [2.45, 2.75) is 19.4 Å². The van der Waals surface area contributed by atoms with E-state index >= 15 is 0 Å². The van der Waals surface area contributed by atoms with Crippen molar-refractivity contribution in [3.8, 4) is 0 Å². The van der Waals surface area contributed by atoms with Crippen LogP contribution in [-0.4, -0.2) is 22.6 Å². The first-order valence-electron chi connectivity index (χ1n) is 4.13. The van der Waals surface area contributed by atoms with Crippen molar-refractivity contribution in [3.63, 3.8) is 0 Å². The third-order valence-electron chi connectivity index (χ3n) is 1.89. The molecule has 0 saturated carbocycles. The zero-order chi connectivity index (χ0) is 9.84. The van der Waals surface area contributed by atoms with Crippen LogP contribution in [-0.2, 0) is 11.2 Å². The number of carbonyl (C=O) groups is 1. The Kier molecular flexibility index (Phi) is 8.90. The topological polar surface area (TPSA) is 93.3 Å². The summed E-state index contributed by atoms with van der Waals surface area (Å²) in [7, 11) is 0. The van der Waals surface area contributed by atoms with Crippen molar-refractivity contribution < 1.29 is 44.9 Å². The molecule has 0 radical (unpaired) electrons. The normalized spacial score (nSPS) is 10.8. The van der Waals surface area contributed by atoms with Gasteiger partial charge < -0.3 is 16.3 Å². The molecule has 0 aliphatic rings. The molecule has 78 valence electrons. The molecule has 1 aromatic rings. The summed E-state index contributed by atoms with van der Waals surface area (Å²) in [6, 6.07) is 6.90. The van der Waals surface area contributed by atoms with Gasteiger partial charge in [0.25, 0.3) is 0 Å². The molecule has 0 bridgehead atoms. The number of nitrogens with two attached hydrogens (primary N) is 1. The molecule has 0 amide bonds. The van der Waals surface area contributed by atoms with Crippen molar-refractivity contribution in [1.82, 2.24) is 0 Å². The Hall–Kier alpha value is -0.390. The largest absolute Gasteiger partial charge is 1.00 e. The molecule has 0 aliphatic carbocycles. The monoisotopic (exact) mass is 219 g/mol. The second-order valence-electron chi connectivity index (χ2n) is 3.13. The summed E-state index contributed by atoms with van der Waals surface area (Å²) in [6.07, 6.45) is 0.385. The average Bonchev–Trinajstić information content (AvgIpc) is 2.08. The van der Waals surface area contributed by atoms with Crippen LogP contribution in [0.3, 0.4) is 0 Å². The van der Waals surface area contributed by atoms with E-state index in [1.54, 1.807) is 0 Å². The van der Waals surface area contributed by atoms with Crippen LogP contribution in [0.1, 0.15) is 11.1 Å². The van der Waals surface area contributed by atoms with Crippen LogP contribution < -0.4 is 35.3 Å². The van der Waals surface area contributed by atoms with Gasteiger partial charge in [-0.05, 0) is 18.9 Å². The van der Waals surface area contributed by atoms with E-state index in [0.717, 1.165) is 11.1 Å². The van der Waals surface area contributed by atoms with E-state index in [1.165, 1.54) is 0 Å². The third-order valence-corrected chi connectivity index (χ3v) is 1.89. The zero-order valence-electron chi connectivity index (χ0n) is 8.97. The predicted octanol–water partition coefficient (Wildman–Crippen LogP) is -2.22. The van der Waals surface area contributed by atoms with E-state index in [0.29, 0.717) is 6.42 Å². The predicted molar refractivity (Wildman–Crippen MR) is 52.4 cm³/mol. The fourth-order valence-electron chi connectivity index (χ4n) is 1.07. The fourth-order valence-corrected chi connectivity index (χ4v) is 1.07. The van der Waals surface area contributed by atoms with Crippen molar-refractivity contribution in [1.29, 1.82) is 0 Å². The number of aryl methyl sites for hydroxylation is 1. The van der Waals surface area contributed by atoms with Gasteiger partial charge >= 0.3 is 35.5 Å². The van der Waals surface area contributed by atoms with Crippen LogP contribution in [0.25, 0.3) is 0 Å². The Balaban J connectivity index is 0. The van der Waals surface area contributed by atoms with Gasteiger partial charge in [-0.1, -0.05) is 29.8 Å². The summed E-state index contributed by atoms with van der Waals surface area (Å²) in [6.45, 7) is 1.99. The number of carboxylic acid groups (broad SMARTS) is 1. The molecule has 4 N–H and O–H groups in total. The van der Waals surface area contributed by atoms with Crippen molar-refractivity contribution in [2.75, 3.05) is 0 Å². The Morgan fingerprint density at radius 2 is 1.87 bits per heavy atom. The molecule has 0 aliphatic heterocycles. The Labute approximate surface area is 111 Å². The molecule has 5 heteroatoms.